The highest BCUT2D eigenvalue weighted by Gasteiger charge is 2.22. The summed E-state index contributed by atoms with van der Waals surface area (Å²) >= 11 is 5.67. The maximum atomic E-state index is 11.5. The number of anilines is 1. The smallest absolute Gasteiger partial charge is 0.439 e. The van der Waals surface area contributed by atoms with Crippen molar-refractivity contribution < 1.29 is 24.0 Å². The van der Waals surface area contributed by atoms with Gasteiger partial charge >= 0.3 is 17.7 Å². The summed E-state index contributed by atoms with van der Waals surface area (Å²) in [5.41, 5.74) is 8.58. The second-order valence-electron chi connectivity index (χ2n) is 7.22. The minimum atomic E-state index is -1.25. The van der Waals surface area contributed by atoms with E-state index >= 15 is 0 Å². The molecular formula is C20H18ClN7O6. The number of hydrogen-bond acceptors (Lipinski definition) is 10. The Kier molecular flexibility index (Phi) is 6.30. The summed E-state index contributed by atoms with van der Waals surface area (Å²) in [6.07, 6.45) is 1.95. The largest absolute Gasteiger partial charge is 0.477 e. The molecule has 0 aliphatic heterocycles. The number of halogens is 1. The number of carboxylic acids is 1. The number of nitrogens with two attached hydrogens (primary N) is 1. The van der Waals surface area contributed by atoms with Crippen LogP contribution in [0.5, 0.6) is 0 Å². The molecule has 4 aromatic rings. The SMILES string of the molecule is COC(=O)c1cc(C(=O)O)nc2cc(N)nn12.O=c1[nH]c(-c2ccc3c(c2)CC[C@@H]3NCl)no1. The predicted molar refractivity (Wildman–Crippen MR) is 118 cm³/mol. The van der Waals surface area contributed by atoms with E-state index in [9.17, 15) is 14.4 Å². The van der Waals surface area contributed by atoms with Crippen LogP contribution in [0.3, 0.4) is 0 Å². The number of aromatic nitrogens is 5. The van der Waals surface area contributed by atoms with Gasteiger partial charge in [-0.15, -0.1) is 5.10 Å². The van der Waals surface area contributed by atoms with Crippen LogP contribution in [-0.4, -0.2) is 48.9 Å². The number of nitrogens with one attached hydrogen (secondary N) is 2. The average molecular weight is 488 g/mol. The first-order valence-electron chi connectivity index (χ1n) is 9.84. The highest BCUT2D eigenvalue weighted by molar-refractivity contribution is 6.13. The van der Waals surface area contributed by atoms with Crippen LogP contribution in [-0.2, 0) is 11.2 Å². The Morgan fingerprint density at radius 3 is 2.79 bits per heavy atom. The van der Waals surface area contributed by atoms with Gasteiger partial charge in [0.25, 0.3) is 0 Å². The van der Waals surface area contributed by atoms with Crippen molar-refractivity contribution in [3.8, 4) is 11.4 Å². The first kappa shape index (κ1) is 22.9. The standard InChI is InChI=1S/C11H10ClN3O2.C9H8N4O4/c12-14-9-4-2-6-5-7(1-3-8(6)9)10-13-11(16)17-15-10;1-17-9(16)5-2-4(8(14)15)11-7-3-6(10)12-13(5)7/h1,3,5,9,14H,2,4H2,(H,13,15,16);2-3H,1H3,(H2,10,12)(H,14,15)/t9-;/m0./s1. The molecule has 13 nitrogen and oxygen atoms in total. The zero-order valence-corrected chi connectivity index (χ0v) is 18.4. The van der Waals surface area contributed by atoms with Crippen LogP contribution in [0.2, 0.25) is 0 Å². The Bertz CT molecular complexity index is 1440. The van der Waals surface area contributed by atoms with Gasteiger partial charge in [0.1, 0.15) is 5.82 Å². The van der Waals surface area contributed by atoms with Crippen LogP contribution in [0, 0.1) is 0 Å². The molecule has 5 N–H and O–H groups in total. The van der Waals surface area contributed by atoms with Crippen molar-refractivity contribution >= 4 is 35.2 Å². The minimum absolute atomic E-state index is 0.0494. The monoisotopic (exact) mass is 487 g/mol. The maximum Gasteiger partial charge on any atom is 0.439 e. The number of methoxy groups -OCH3 is 1. The third-order valence-corrected chi connectivity index (χ3v) is 5.39. The van der Waals surface area contributed by atoms with Crippen molar-refractivity contribution in [2.45, 2.75) is 18.9 Å². The molecule has 1 atom stereocenters. The number of nitrogens with zero attached hydrogens (tertiary/aromatic N) is 4. The topological polar surface area (TPSA) is 191 Å². The first-order chi connectivity index (χ1) is 16.3. The molecule has 5 rings (SSSR count). The fraction of sp³-hybridized carbons (Fsp3) is 0.200. The molecule has 0 amide bonds. The number of hydrogen-bond donors (Lipinski definition) is 4. The molecular weight excluding hydrogens is 470 g/mol. The Labute approximate surface area is 195 Å². The van der Waals surface area contributed by atoms with Gasteiger partial charge in [-0.05, 0) is 41.8 Å². The van der Waals surface area contributed by atoms with Gasteiger partial charge in [0, 0.05) is 23.7 Å². The van der Waals surface area contributed by atoms with Crippen LogP contribution in [0.4, 0.5) is 5.82 Å². The summed E-state index contributed by atoms with van der Waals surface area (Å²) in [6, 6.07) is 8.56. The molecule has 0 unspecified atom stereocenters. The van der Waals surface area contributed by atoms with Crippen molar-refractivity contribution in [2.75, 3.05) is 12.8 Å². The van der Waals surface area contributed by atoms with Gasteiger partial charge in [0.05, 0.1) is 7.11 Å². The van der Waals surface area contributed by atoms with Crippen molar-refractivity contribution in [1.29, 1.82) is 0 Å². The number of aromatic carboxylic acids is 1. The normalized spacial score (nSPS) is 14.4. The number of carboxylic acid groups (broad SMARTS) is 1. The third-order valence-electron chi connectivity index (χ3n) is 5.13. The lowest BCUT2D eigenvalue weighted by Crippen LogP contribution is -2.13. The summed E-state index contributed by atoms with van der Waals surface area (Å²) < 4.78 is 10.1. The van der Waals surface area contributed by atoms with E-state index in [2.05, 4.69) is 34.3 Å². The number of nitrogen functional groups attached to an aromatic ring is 1. The molecule has 3 aromatic heterocycles. The number of aromatic amines is 1. The Morgan fingerprint density at radius 2 is 2.15 bits per heavy atom. The lowest BCUT2D eigenvalue weighted by atomic mass is 10.0. The van der Waals surface area contributed by atoms with E-state index < -0.39 is 17.7 Å². The molecule has 1 aromatic carbocycles. The summed E-state index contributed by atoms with van der Waals surface area (Å²) in [5.74, 6) is -1.92. The average Bonchev–Trinajstić information content (AvgIpc) is 3.54. The molecule has 1 aliphatic carbocycles. The number of carbonyl (C=O) groups excluding carboxylic acids is 1. The van der Waals surface area contributed by atoms with Gasteiger partial charge < -0.3 is 15.6 Å². The second-order valence-corrected chi connectivity index (χ2v) is 7.44. The molecule has 176 valence electrons. The van der Waals surface area contributed by atoms with Crippen LogP contribution in [0.1, 0.15) is 44.6 Å². The lowest BCUT2D eigenvalue weighted by molar-refractivity contribution is 0.0590. The molecule has 1 aliphatic rings. The summed E-state index contributed by atoms with van der Waals surface area (Å²) in [6.45, 7) is 0. The van der Waals surface area contributed by atoms with Crippen molar-refractivity contribution in [3.63, 3.8) is 0 Å². The number of aryl methyl sites for hydroxylation is 1. The van der Waals surface area contributed by atoms with Crippen LogP contribution in [0.25, 0.3) is 17.0 Å². The molecule has 0 saturated carbocycles. The highest BCUT2D eigenvalue weighted by Crippen LogP contribution is 2.33. The molecule has 34 heavy (non-hydrogen) atoms. The lowest BCUT2D eigenvalue weighted by Gasteiger charge is -2.08. The number of benzene rings is 1. The number of fused-ring (bicyclic) bond motifs is 2. The molecule has 14 heteroatoms. The molecule has 0 spiro atoms. The van der Waals surface area contributed by atoms with Crippen LogP contribution in [0.15, 0.2) is 39.6 Å². The number of ether oxygens (including phenoxy) is 1. The van der Waals surface area contributed by atoms with Gasteiger partial charge in [0.2, 0.25) is 0 Å². The van der Waals surface area contributed by atoms with Gasteiger partial charge in [-0.2, -0.15) is 0 Å². The van der Waals surface area contributed by atoms with E-state index in [1.54, 1.807) is 0 Å². The highest BCUT2D eigenvalue weighted by atomic mass is 35.5. The number of carbonyl (C=O) groups is 2. The summed E-state index contributed by atoms with van der Waals surface area (Å²) in [7, 11) is 1.18. The molecule has 0 bridgehead atoms. The number of esters is 1. The van der Waals surface area contributed by atoms with Gasteiger partial charge in [-0.1, -0.05) is 17.3 Å². The maximum absolute atomic E-state index is 11.5. The van der Waals surface area contributed by atoms with Crippen LogP contribution < -0.4 is 16.3 Å². The third kappa shape index (κ3) is 4.46. The summed E-state index contributed by atoms with van der Waals surface area (Å²) in [5, 5.41) is 16.3. The Balaban J connectivity index is 0.000000161. The number of rotatable bonds is 4. The van der Waals surface area contributed by atoms with E-state index in [1.165, 1.54) is 24.3 Å². The quantitative estimate of drug-likeness (QED) is 0.241. The molecule has 0 fully saturated rings. The van der Waals surface area contributed by atoms with E-state index in [1.807, 2.05) is 18.2 Å². The predicted octanol–water partition coefficient (Wildman–Crippen LogP) is 1.56. The molecule has 0 saturated heterocycles. The fourth-order valence-electron chi connectivity index (χ4n) is 3.58. The van der Waals surface area contributed by atoms with Crippen molar-refractivity contribution in [1.82, 2.24) is 29.6 Å². The Hall–Kier alpha value is -4.23. The zero-order valence-electron chi connectivity index (χ0n) is 17.6. The van der Waals surface area contributed by atoms with Crippen LogP contribution >= 0.6 is 11.8 Å². The van der Waals surface area contributed by atoms with Gasteiger partial charge in [0.15, 0.2) is 22.9 Å². The van der Waals surface area contributed by atoms with Crippen molar-refractivity contribution in [3.05, 3.63) is 63.4 Å². The molecule has 3 heterocycles. The minimum Gasteiger partial charge on any atom is -0.477 e. The van der Waals surface area contributed by atoms with Gasteiger partial charge in [-0.3, -0.25) is 9.51 Å². The summed E-state index contributed by atoms with van der Waals surface area (Å²) in [4.78, 5) is 42.3. The second kappa shape index (κ2) is 9.33. The van der Waals surface area contributed by atoms with E-state index in [4.69, 9.17) is 22.6 Å². The van der Waals surface area contributed by atoms with E-state index in [-0.39, 0.29) is 28.9 Å². The fourth-order valence-corrected chi connectivity index (χ4v) is 3.81. The van der Waals surface area contributed by atoms with Gasteiger partial charge in [-0.25, -0.2) is 28.7 Å². The van der Waals surface area contributed by atoms with Crippen molar-refractivity contribution in [2.24, 2.45) is 0 Å². The molecule has 0 radical (unpaired) electrons. The number of H-pyrrole nitrogens is 1. The zero-order chi connectivity index (χ0) is 24.4. The Morgan fingerprint density at radius 1 is 1.35 bits per heavy atom. The van der Waals surface area contributed by atoms with E-state index in [0.717, 1.165) is 29.0 Å². The van der Waals surface area contributed by atoms with E-state index in [0.29, 0.717) is 5.82 Å². The first-order valence-corrected chi connectivity index (χ1v) is 10.2.